The van der Waals surface area contributed by atoms with Crippen molar-refractivity contribution in [1.29, 1.82) is 0 Å². The fraction of sp³-hybridized carbons (Fsp3) is 0.618. The van der Waals surface area contributed by atoms with E-state index < -0.39 is 0 Å². The standard InChI is InChI=1S/C34H46N10O2/c1-40-13-3-5-26(40)21-46-33-38-29-20-43(30-6-2-4-25-9-10-27(31(25)30)24-7-8-24)14-11-28(29)32(39-33)36-12-15-41-16-18-42(19-17-41)34(45)44-23-35-22-37-44/h2,4,6,22-24,26-27H,3,5,7-21H2,1H3,(H,36,38,39)/t26-,27?/m0/s1. The van der Waals surface area contributed by atoms with Gasteiger partial charge >= 0.3 is 12.0 Å². The lowest BCUT2D eigenvalue weighted by Crippen LogP contribution is -2.50. The van der Waals surface area contributed by atoms with E-state index in [-0.39, 0.29) is 6.03 Å². The zero-order chi connectivity index (χ0) is 31.0. The van der Waals surface area contributed by atoms with Gasteiger partial charge in [-0.2, -0.15) is 19.7 Å². The third kappa shape index (κ3) is 6.04. The number of likely N-dealkylation sites (N-methyl/N-ethyl adjacent to an activating group) is 1. The van der Waals surface area contributed by atoms with Gasteiger partial charge in [0.05, 0.1) is 12.2 Å². The summed E-state index contributed by atoms with van der Waals surface area (Å²) in [6.45, 7) is 8.12. The molecule has 0 spiro atoms. The molecular weight excluding hydrogens is 580 g/mol. The minimum atomic E-state index is -0.114. The number of aryl methyl sites for hydroxylation is 1. The van der Waals surface area contributed by atoms with Gasteiger partial charge in [0.1, 0.15) is 25.1 Å². The molecule has 1 aromatic carbocycles. The van der Waals surface area contributed by atoms with Crippen LogP contribution in [0.2, 0.25) is 0 Å². The first kappa shape index (κ1) is 29.6. The maximum atomic E-state index is 12.6. The van der Waals surface area contributed by atoms with Crippen LogP contribution in [0.25, 0.3) is 0 Å². The molecule has 12 heteroatoms. The summed E-state index contributed by atoms with van der Waals surface area (Å²) < 4.78 is 7.62. The molecule has 2 atom stereocenters. The fourth-order valence-electron chi connectivity index (χ4n) is 8.08. The molecular formula is C34H46N10O2. The summed E-state index contributed by atoms with van der Waals surface area (Å²) >= 11 is 0. The molecule has 1 saturated carbocycles. The molecule has 1 unspecified atom stereocenters. The highest BCUT2D eigenvalue weighted by molar-refractivity contribution is 5.75. The maximum absolute atomic E-state index is 12.6. The van der Waals surface area contributed by atoms with Crippen molar-refractivity contribution in [2.45, 2.75) is 63.5 Å². The van der Waals surface area contributed by atoms with Gasteiger partial charge in [-0.05, 0) is 87.6 Å². The minimum absolute atomic E-state index is 0.114. The highest BCUT2D eigenvalue weighted by Gasteiger charge is 2.39. The SMILES string of the molecule is CN1CCC[C@H]1COc1nc2c(c(NCCN3CCN(C(=O)n4cncn4)CC3)n1)CCN(c1cccc3c1C(C1CC1)CC3)C2. The van der Waals surface area contributed by atoms with Crippen molar-refractivity contribution in [3.8, 4) is 6.01 Å². The molecule has 1 amide bonds. The number of likely N-dealkylation sites (tertiary alicyclic amines) is 1. The van der Waals surface area contributed by atoms with Gasteiger partial charge in [0.25, 0.3) is 0 Å². The number of rotatable bonds is 9. The topological polar surface area (TPSA) is 108 Å². The van der Waals surface area contributed by atoms with Crippen molar-refractivity contribution in [3.63, 3.8) is 0 Å². The van der Waals surface area contributed by atoms with Crippen LogP contribution >= 0.6 is 0 Å². The van der Waals surface area contributed by atoms with Crippen LogP contribution in [0.3, 0.4) is 0 Å². The Morgan fingerprint density at radius 2 is 1.91 bits per heavy atom. The minimum Gasteiger partial charge on any atom is -0.462 e. The largest absolute Gasteiger partial charge is 0.462 e. The van der Waals surface area contributed by atoms with Crippen LogP contribution in [0.5, 0.6) is 6.01 Å². The van der Waals surface area contributed by atoms with E-state index >= 15 is 0 Å². The van der Waals surface area contributed by atoms with Crippen LogP contribution in [0.4, 0.5) is 16.3 Å². The predicted molar refractivity (Wildman–Crippen MR) is 175 cm³/mol. The molecule has 2 aromatic heterocycles. The number of nitrogens with zero attached hydrogens (tertiary/aromatic N) is 9. The molecule has 12 nitrogen and oxygen atoms in total. The Balaban J connectivity index is 0.959. The second kappa shape index (κ2) is 12.8. The van der Waals surface area contributed by atoms with Crippen LogP contribution < -0.4 is 15.0 Å². The maximum Gasteiger partial charge on any atom is 0.346 e. The smallest absolute Gasteiger partial charge is 0.346 e. The van der Waals surface area contributed by atoms with E-state index in [0.717, 1.165) is 82.0 Å². The van der Waals surface area contributed by atoms with Crippen molar-refractivity contribution < 1.29 is 9.53 Å². The lowest BCUT2D eigenvalue weighted by Gasteiger charge is -2.35. The average Bonchev–Trinajstić information content (AvgIpc) is 3.42. The van der Waals surface area contributed by atoms with Crippen molar-refractivity contribution in [1.82, 2.24) is 39.4 Å². The first-order valence-electron chi connectivity index (χ1n) is 17.3. The highest BCUT2D eigenvalue weighted by Crippen LogP contribution is 2.52. The first-order valence-corrected chi connectivity index (χ1v) is 17.3. The molecule has 2 saturated heterocycles. The number of nitrogens with one attached hydrogen (secondary N) is 1. The zero-order valence-corrected chi connectivity index (χ0v) is 27.0. The summed E-state index contributed by atoms with van der Waals surface area (Å²) in [5.74, 6) is 2.51. The van der Waals surface area contributed by atoms with Gasteiger partial charge in [0.15, 0.2) is 0 Å². The quantitative estimate of drug-likeness (QED) is 0.381. The molecule has 3 fully saturated rings. The van der Waals surface area contributed by atoms with Gasteiger partial charge in [-0.25, -0.2) is 9.78 Å². The van der Waals surface area contributed by atoms with Crippen molar-refractivity contribution in [2.24, 2.45) is 5.92 Å². The number of amides is 1. The van der Waals surface area contributed by atoms with E-state index in [4.69, 9.17) is 14.7 Å². The summed E-state index contributed by atoms with van der Waals surface area (Å²) in [7, 11) is 2.18. The third-order valence-corrected chi connectivity index (χ3v) is 10.9. The van der Waals surface area contributed by atoms with Crippen molar-refractivity contribution in [3.05, 3.63) is 53.2 Å². The van der Waals surface area contributed by atoms with Crippen LogP contribution in [-0.2, 0) is 19.4 Å². The number of carbonyl (C=O) groups excluding carboxylic acids is 1. The normalized spacial score (nSPS) is 23.4. The molecule has 0 bridgehead atoms. The number of anilines is 2. The Morgan fingerprint density at radius 3 is 2.70 bits per heavy atom. The Morgan fingerprint density at radius 1 is 1.02 bits per heavy atom. The second-order valence-corrected chi connectivity index (χ2v) is 13.7. The average molecular weight is 627 g/mol. The van der Waals surface area contributed by atoms with Crippen molar-refractivity contribution >= 4 is 17.5 Å². The molecule has 0 radical (unpaired) electrons. The Bertz CT molecular complexity index is 1530. The van der Waals surface area contributed by atoms with E-state index in [1.807, 2.05) is 4.90 Å². The van der Waals surface area contributed by atoms with Gasteiger partial charge in [-0.15, -0.1) is 0 Å². The van der Waals surface area contributed by atoms with E-state index in [9.17, 15) is 4.79 Å². The summed E-state index contributed by atoms with van der Waals surface area (Å²) in [5.41, 5.74) is 6.89. The van der Waals surface area contributed by atoms with Crippen LogP contribution in [-0.4, -0.2) is 118 Å². The van der Waals surface area contributed by atoms with E-state index in [1.54, 1.807) is 11.1 Å². The lowest BCUT2D eigenvalue weighted by atomic mass is 9.93. The molecule has 8 rings (SSSR count). The molecule has 3 aliphatic heterocycles. The number of carbonyl (C=O) groups is 1. The molecule has 3 aromatic rings. The highest BCUT2D eigenvalue weighted by atomic mass is 16.5. The van der Waals surface area contributed by atoms with E-state index in [1.165, 1.54) is 60.7 Å². The van der Waals surface area contributed by atoms with Gasteiger partial charge in [-0.1, -0.05) is 12.1 Å². The number of ether oxygens (including phenoxy) is 1. The summed E-state index contributed by atoms with van der Waals surface area (Å²) in [6, 6.07) is 7.73. The zero-order valence-electron chi connectivity index (χ0n) is 27.0. The fourth-order valence-corrected chi connectivity index (χ4v) is 8.08. The predicted octanol–water partition coefficient (Wildman–Crippen LogP) is 3.24. The van der Waals surface area contributed by atoms with E-state index in [0.29, 0.717) is 31.7 Å². The lowest BCUT2D eigenvalue weighted by molar-refractivity contribution is 0.141. The monoisotopic (exact) mass is 626 g/mol. The number of fused-ring (bicyclic) bond motifs is 2. The van der Waals surface area contributed by atoms with Gasteiger partial charge in [0, 0.05) is 63.1 Å². The third-order valence-electron chi connectivity index (χ3n) is 10.9. The summed E-state index contributed by atoms with van der Waals surface area (Å²) in [5, 5.41) is 7.66. The summed E-state index contributed by atoms with van der Waals surface area (Å²) in [6.07, 6.45) is 11.4. The van der Waals surface area contributed by atoms with E-state index in [2.05, 4.69) is 55.3 Å². The van der Waals surface area contributed by atoms with Gasteiger partial charge < -0.3 is 24.8 Å². The Hall–Kier alpha value is -3.77. The molecule has 46 heavy (non-hydrogen) atoms. The number of aromatic nitrogens is 5. The number of piperazine rings is 1. The number of benzene rings is 1. The Kier molecular flexibility index (Phi) is 8.24. The van der Waals surface area contributed by atoms with Crippen molar-refractivity contribution in [2.75, 3.05) is 76.2 Å². The van der Waals surface area contributed by atoms with Crippen LogP contribution in [0.1, 0.15) is 60.4 Å². The Labute approximate surface area is 271 Å². The number of hydrogen-bond donors (Lipinski definition) is 1. The molecule has 2 aliphatic carbocycles. The first-order chi connectivity index (χ1) is 22.6. The molecule has 5 aliphatic rings. The van der Waals surface area contributed by atoms with Gasteiger partial charge in [-0.3, -0.25) is 4.90 Å². The molecule has 1 N–H and O–H groups in total. The molecule has 244 valence electrons. The number of hydrogen-bond acceptors (Lipinski definition) is 10. The second-order valence-electron chi connectivity index (χ2n) is 13.7. The van der Waals surface area contributed by atoms with Crippen LogP contribution in [0.15, 0.2) is 30.9 Å². The summed E-state index contributed by atoms with van der Waals surface area (Å²) in [4.78, 5) is 35.7. The van der Waals surface area contributed by atoms with Crippen LogP contribution in [0, 0.1) is 5.92 Å². The molecule has 5 heterocycles. The van der Waals surface area contributed by atoms with Gasteiger partial charge in [0.2, 0.25) is 0 Å².